The summed E-state index contributed by atoms with van der Waals surface area (Å²) in [6.45, 7) is 4.78. The van der Waals surface area contributed by atoms with Gasteiger partial charge in [-0.2, -0.15) is 0 Å². The molecule has 1 N–H and O–H groups in total. The van der Waals surface area contributed by atoms with Gasteiger partial charge in [0.1, 0.15) is 0 Å². The largest absolute Gasteiger partial charge is 0.325 e. The lowest BCUT2D eigenvalue weighted by atomic mass is 10.1. The number of rotatable bonds is 7. The van der Waals surface area contributed by atoms with Crippen molar-refractivity contribution in [2.75, 3.05) is 11.1 Å². The van der Waals surface area contributed by atoms with Crippen LogP contribution in [0.5, 0.6) is 0 Å². The zero-order chi connectivity index (χ0) is 19.2. The van der Waals surface area contributed by atoms with Crippen LogP contribution in [0, 0.1) is 0 Å². The minimum absolute atomic E-state index is 0.0640. The van der Waals surface area contributed by atoms with E-state index in [1.54, 1.807) is 0 Å². The van der Waals surface area contributed by atoms with Gasteiger partial charge in [0, 0.05) is 17.8 Å². The number of benzene rings is 2. The zero-order valence-electron chi connectivity index (χ0n) is 15.3. The first-order valence-corrected chi connectivity index (χ1v) is 10.2. The van der Waals surface area contributed by atoms with E-state index < -0.39 is 0 Å². The Balaban J connectivity index is 1.71. The summed E-state index contributed by atoms with van der Waals surface area (Å²) in [6, 6.07) is 15.4. The summed E-state index contributed by atoms with van der Waals surface area (Å²) in [5.41, 5.74) is 2.81. The lowest BCUT2D eigenvalue weighted by molar-refractivity contribution is -0.113. The third-order valence-electron chi connectivity index (χ3n) is 4.15. The van der Waals surface area contributed by atoms with E-state index in [2.05, 4.69) is 22.4 Å². The molecule has 0 saturated carbocycles. The van der Waals surface area contributed by atoms with Crippen molar-refractivity contribution >= 4 is 35.0 Å². The molecule has 0 radical (unpaired) electrons. The molecular weight excluding hydrogens is 380 g/mol. The summed E-state index contributed by atoms with van der Waals surface area (Å²) >= 11 is 7.66. The summed E-state index contributed by atoms with van der Waals surface area (Å²) in [5.74, 6) is 0.909. The van der Waals surface area contributed by atoms with Crippen LogP contribution in [0.4, 0.5) is 5.69 Å². The van der Waals surface area contributed by atoms with Gasteiger partial charge in [0.15, 0.2) is 11.0 Å². The maximum Gasteiger partial charge on any atom is 0.234 e. The quantitative estimate of drug-likeness (QED) is 0.572. The molecule has 7 heteroatoms. The van der Waals surface area contributed by atoms with Gasteiger partial charge in [0.05, 0.1) is 10.8 Å². The molecule has 3 rings (SSSR count). The average molecular weight is 401 g/mol. The molecule has 0 bridgehead atoms. The summed E-state index contributed by atoms with van der Waals surface area (Å²) in [5, 5.41) is 12.8. The van der Waals surface area contributed by atoms with Crippen LogP contribution in [0.2, 0.25) is 5.02 Å². The van der Waals surface area contributed by atoms with Crippen molar-refractivity contribution in [3.8, 4) is 11.4 Å². The standard InChI is InChI=1S/C20H21ClN4OS/c1-3-14-9-5-8-12-17(14)22-18(26)13-27-20-24-23-19(25(20)4-2)15-10-6-7-11-16(15)21/h5-12H,3-4,13H2,1-2H3,(H,22,26). The number of thioether (sulfide) groups is 1. The fourth-order valence-corrected chi connectivity index (χ4v) is 3.81. The molecule has 0 aliphatic rings. The predicted octanol–water partition coefficient (Wildman–Crippen LogP) is 4.91. The van der Waals surface area contributed by atoms with Crippen molar-refractivity contribution in [2.24, 2.45) is 0 Å². The highest BCUT2D eigenvalue weighted by molar-refractivity contribution is 7.99. The monoisotopic (exact) mass is 400 g/mol. The van der Waals surface area contributed by atoms with Crippen LogP contribution < -0.4 is 5.32 Å². The highest BCUT2D eigenvalue weighted by Gasteiger charge is 2.16. The molecule has 0 saturated heterocycles. The number of carbonyl (C=O) groups excluding carboxylic acids is 1. The first kappa shape index (κ1) is 19.5. The Labute approximate surface area is 168 Å². The van der Waals surface area contributed by atoms with Gasteiger partial charge >= 0.3 is 0 Å². The second-order valence-corrected chi connectivity index (χ2v) is 7.23. The van der Waals surface area contributed by atoms with Crippen LogP contribution in [0.1, 0.15) is 19.4 Å². The minimum Gasteiger partial charge on any atom is -0.325 e. The van der Waals surface area contributed by atoms with Gasteiger partial charge in [-0.1, -0.05) is 60.6 Å². The van der Waals surface area contributed by atoms with Crippen LogP contribution in [0.25, 0.3) is 11.4 Å². The van der Waals surface area contributed by atoms with Gasteiger partial charge in [-0.15, -0.1) is 10.2 Å². The third-order valence-corrected chi connectivity index (χ3v) is 5.45. The second kappa shape index (κ2) is 9.06. The first-order valence-electron chi connectivity index (χ1n) is 8.82. The van der Waals surface area contributed by atoms with Crippen molar-refractivity contribution in [3.63, 3.8) is 0 Å². The molecule has 0 atom stereocenters. The van der Waals surface area contributed by atoms with E-state index in [-0.39, 0.29) is 11.7 Å². The molecule has 0 spiro atoms. The van der Waals surface area contributed by atoms with E-state index in [1.807, 2.05) is 60.0 Å². The summed E-state index contributed by atoms with van der Waals surface area (Å²) in [6.07, 6.45) is 0.870. The Morgan fingerprint density at radius 1 is 1.11 bits per heavy atom. The lowest BCUT2D eigenvalue weighted by Gasteiger charge is -2.10. The number of nitrogens with one attached hydrogen (secondary N) is 1. The molecule has 0 fully saturated rings. The van der Waals surface area contributed by atoms with E-state index >= 15 is 0 Å². The molecule has 1 amide bonds. The maximum absolute atomic E-state index is 12.4. The second-order valence-electron chi connectivity index (χ2n) is 5.88. The van der Waals surface area contributed by atoms with Crippen LogP contribution in [-0.2, 0) is 17.8 Å². The van der Waals surface area contributed by atoms with Gasteiger partial charge in [-0.3, -0.25) is 4.79 Å². The SMILES string of the molecule is CCc1ccccc1NC(=O)CSc1nnc(-c2ccccc2Cl)n1CC. The Kier molecular flexibility index (Phi) is 6.53. The fraction of sp³-hybridized carbons (Fsp3) is 0.250. The lowest BCUT2D eigenvalue weighted by Crippen LogP contribution is -2.15. The molecule has 2 aromatic carbocycles. The van der Waals surface area contributed by atoms with Gasteiger partial charge < -0.3 is 9.88 Å². The fourth-order valence-electron chi connectivity index (χ4n) is 2.79. The Bertz CT molecular complexity index is 941. The topological polar surface area (TPSA) is 59.8 Å². The normalized spacial score (nSPS) is 10.8. The summed E-state index contributed by atoms with van der Waals surface area (Å²) in [7, 11) is 0. The number of hydrogen-bond acceptors (Lipinski definition) is 4. The highest BCUT2D eigenvalue weighted by atomic mass is 35.5. The van der Waals surface area contributed by atoms with Crippen LogP contribution in [0.3, 0.4) is 0 Å². The van der Waals surface area contributed by atoms with Crippen molar-refractivity contribution in [2.45, 2.75) is 32.0 Å². The average Bonchev–Trinajstić information content (AvgIpc) is 3.10. The van der Waals surface area contributed by atoms with E-state index in [0.29, 0.717) is 22.5 Å². The third kappa shape index (κ3) is 4.51. The molecule has 27 heavy (non-hydrogen) atoms. The minimum atomic E-state index is -0.0640. The number of aromatic nitrogens is 3. The molecule has 0 aliphatic carbocycles. The maximum atomic E-state index is 12.4. The number of hydrogen-bond donors (Lipinski definition) is 1. The molecule has 5 nitrogen and oxygen atoms in total. The van der Waals surface area contributed by atoms with Crippen molar-refractivity contribution < 1.29 is 4.79 Å². The smallest absolute Gasteiger partial charge is 0.234 e. The van der Waals surface area contributed by atoms with Gasteiger partial charge in [0.25, 0.3) is 0 Å². The van der Waals surface area contributed by atoms with Crippen molar-refractivity contribution in [3.05, 3.63) is 59.1 Å². The molecule has 1 aromatic heterocycles. The van der Waals surface area contributed by atoms with E-state index in [1.165, 1.54) is 11.8 Å². The van der Waals surface area contributed by atoms with E-state index in [0.717, 1.165) is 23.2 Å². The molecule has 3 aromatic rings. The molecule has 0 unspecified atom stereocenters. The van der Waals surface area contributed by atoms with Crippen LogP contribution >= 0.6 is 23.4 Å². The number of halogens is 1. The van der Waals surface area contributed by atoms with E-state index in [4.69, 9.17) is 11.6 Å². The zero-order valence-corrected chi connectivity index (χ0v) is 16.8. The number of amides is 1. The van der Waals surface area contributed by atoms with E-state index in [9.17, 15) is 4.79 Å². The Hall–Kier alpha value is -2.31. The molecular formula is C20H21ClN4OS. The molecule has 0 aliphatic heterocycles. The Morgan fingerprint density at radius 3 is 2.59 bits per heavy atom. The van der Waals surface area contributed by atoms with Crippen molar-refractivity contribution in [1.29, 1.82) is 0 Å². The summed E-state index contributed by atoms with van der Waals surface area (Å²) < 4.78 is 1.97. The van der Waals surface area contributed by atoms with Crippen LogP contribution in [-0.4, -0.2) is 26.4 Å². The van der Waals surface area contributed by atoms with Crippen molar-refractivity contribution in [1.82, 2.24) is 14.8 Å². The number of aryl methyl sites for hydroxylation is 1. The number of carbonyl (C=O) groups is 1. The molecule has 140 valence electrons. The number of para-hydroxylation sites is 1. The van der Waals surface area contributed by atoms with Gasteiger partial charge in [0.2, 0.25) is 5.91 Å². The Morgan fingerprint density at radius 2 is 1.85 bits per heavy atom. The number of nitrogens with zero attached hydrogens (tertiary/aromatic N) is 3. The first-order chi connectivity index (χ1) is 13.1. The number of anilines is 1. The van der Waals surface area contributed by atoms with Crippen LogP contribution in [0.15, 0.2) is 53.7 Å². The summed E-state index contributed by atoms with van der Waals surface area (Å²) in [4.78, 5) is 12.4. The van der Waals surface area contributed by atoms with Gasteiger partial charge in [-0.25, -0.2) is 0 Å². The van der Waals surface area contributed by atoms with Gasteiger partial charge in [-0.05, 0) is 37.1 Å². The predicted molar refractivity (Wildman–Crippen MR) is 111 cm³/mol. The highest BCUT2D eigenvalue weighted by Crippen LogP contribution is 2.29. The molecule has 1 heterocycles.